The summed E-state index contributed by atoms with van der Waals surface area (Å²) in [5, 5.41) is 0. The summed E-state index contributed by atoms with van der Waals surface area (Å²) in [6.45, 7) is 2.95. The van der Waals surface area contributed by atoms with E-state index in [9.17, 15) is 9.13 Å². The van der Waals surface area contributed by atoms with Crippen molar-refractivity contribution >= 4 is 16.1 Å². The molecule has 0 fully saturated rings. The Morgan fingerprint density at radius 3 is 1.36 bits per heavy atom. The third-order valence-electron chi connectivity index (χ3n) is 1.29. The highest BCUT2D eigenvalue weighted by atomic mass is 31.1. The van der Waals surface area contributed by atoms with Crippen molar-refractivity contribution in [2.24, 2.45) is 0 Å². The minimum atomic E-state index is -1.65. The summed E-state index contributed by atoms with van der Waals surface area (Å²) in [5.41, 5.74) is 0. The Labute approximate surface area is 84.0 Å². The van der Waals surface area contributed by atoms with Gasteiger partial charge in [0.05, 0.1) is 0 Å². The van der Waals surface area contributed by atoms with Gasteiger partial charge in [0.15, 0.2) is 24.8 Å². The van der Waals surface area contributed by atoms with E-state index in [2.05, 4.69) is 0 Å². The van der Waals surface area contributed by atoms with Gasteiger partial charge < -0.3 is 0 Å². The highest BCUT2D eigenvalue weighted by Gasteiger charge is 2.12. The van der Waals surface area contributed by atoms with E-state index in [4.69, 9.17) is 9.05 Å². The number of benzene rings is 1. The first-order valence-corrected chi connectivity index (χ1v) is 7.10. The molecular formula is C8H10O4P2+2. The van der Waals surface area contributed by atoms with Crippen LogP contribution in [0.1, 0.15) is 0 Å². The lowest BCUT2D eigenvalue weighted by Gasteiger charge is -1.93. The molecule has 0 amide bonds. The SMILES string of the molecule is C[P+](=O)Oc1ccc(O[P+](C)=O)cc1. The molecule has 2 unspecified atom stereocenters. The van der Waals surface area contributed by atoms with Crippen LogP contribution in [0.3, 0.4) is 0 Å². The van der Waals surface area contributed by atoms with Crippen LogP contribution in [0.2, 0.25) is 0 Å². The maximum Gasteiger partial charge on any atom is 0.552 e. The molecule has 1 aromatic carbocycles. The lowest BCUT2D eigenvalue weighted by molar-refractivity contribution is 0.503. The average Bonchev–Trinajstić information content (AvgIpc) is 2.06. The maximum atomic E-state index is 10.7. The molecule has 0 aliphatic heterocycles. The lowest BCUT2D eigenvalue weighted by atomic mass is 10.3. The lowest BCUT2D eigenvalue weighted by Crippen LogP contribution is -1.81. The van der Waals surface area contributed by atoms with Crippen molar-refractivity contribution in [3.8, 4) is 11.5 Å². The fraction of sp³-hybridized carbons (Fsp3) is 0.250. The summed E-state index contributed by atoms with van der Waals surface area (Å²) in [4.78, 5) is 0. The van der Waals surface area contributed by atoms with Gasteiger partial charge in [0.1, 0.15) is 0 Å². The van der Waals surface area contributed by atoms with Gasteiger partial charge in [-0.15, -0.1) is 0 Å². The van der Waals surface area contributed by atoms with Crippen LogP contribution in [0, 0.1) is 0 Å². The van der Waals surface area contributed by atoms with Crippen LogP contribution >= 0.6 is 16.1 Å². The van der Waals surface area contributed by atoms with Crippen LogP contribution in [0.5, 0.6) is 11.5 Å². The molecule has 0 radical (unpaired) electrons. The summed E-state index contributed by atoms with van der Waals surface area (Å²) >= 11 is 0. The molecule has 0 saturated heterocycles. The smallest absolute Gasteiger partial charge is 0.255 e. The molecule has 4 nitrogen and oxygen atoms in total. The first-order valence-electron chi connectivity index (χ1n) is 3.85. The zero-order chi connectivity index (χ0) is 10.6. The molecule has 0 aliphatic rings. The van der Waals surface area contributed by atoms with Crippen LogP contribution in [0.4, 0.5) is 0 Å². The molecule has 0 N–H and O–H groups in total. The van der Waals surface area contributed by atoms with Gasteiger partial charge in [-0.05, 0) is 33.4 Å². The fourth-order valence-electron chi connectivity index (χ4n) is 0.858. The quantitative estimate of drug-likeness (QED) is 0.748. The Bertz CT molecular complexity index is 312. The van der Waals surface area contributed by atoms with Gasteiger partial charge in [-0.1, -0.05) is 0 Å². The largest absolute Gasteiger partial charge is 0.552 e. The second-order valence-corrected chi connectivity index (χ2v) is 4.66. The summed E-state index contributed by atoms with van der Waals surface area (Å²) in [6, 6.07) is 6.46. The second kappa shape index (κ2) is 5.04. The molecule has 1 aromatic rings. The molecule has 1 rings (SSSR count). The van der Waals surface area contributed by atoms with E-state index in [0.29, 0.717) is 11.5 Å². The van der Waals surface area contributed by atoms with Crippen molar-refractivity contribution in [3.05, 3.63) is 24.3 Å². The average molecular weight is 232 g/mol. The van der Waals surface area contributed by atoms with Crippen LogP contribution in [-0.2, 0) is 9.13 Å². The molecular weight excluding hydrogens is 222 g/mol. The highest BCUT2D eigenvalue weighted by Crippen LogP contribution is 2.28. The van der Waals surface area contributed by atoms with E-state index in [0.717, 1.165) is 0 Å². The van der Waals surface area contributed by atoms with Gasteiger partial charge in [0, 0.05) is 0 Å². The Hall–Kier alpha value is -0.980. The van der Waals surface area contributed by atoms with E-state index < -0.39 is 16.1 Å². The Balaban J connectivity index is 2.68. The van der Waals surface area contributed by atoms with E-state index in [1.807, 2.05) is 0 Å². The zero-order valence-corrected chi connectivity index (χ0v) is 9.63. The fourth-order valence-corrected chi connectivity index (χ4v) is 1.70. The maximum absolute atomic E-state index is 10.7. The van der Waals surface area contributed by atoms with Crippen LogP contribution in [-0.4, -0.2) is 13.3 Å². The van der Waals surface area contributed by atoms with Crippen molar-refractivity contribution in [2.45, 2.75) is 0 Å². The summed E-state index contributed by atoms with van der Waals surface area (Å²) < 4.78 is 31.4. The highest BCUT2D eigenvalue weighted by molar-refractivity contribution is 7.38. The van der Waals surface area contributed by atoms with Crippen molar-refractivity contribution < 1.29 is 18.2 Å². The molecule has 0 saturated carbocycles. The number of hydrogen-bond acceptors (Lipinski definition) is 4. The van der Waals surface area contributed by atoms with E-state index in [1.165, 1.54) is 13.3 Å². The summed E-state index contributed by atoms with van der Waals surface area (Å²) in [6.07, 6.45) is 0. The predicted molar refractivity (Wildman–Crippen MR) is 54.8 cm³/mol. The minimum Gasteiger partial charge on any atom is -0.255 e. The minimum absolute atomic E-state index is 0.507. The standard InChI is InChI=1S/C8H10O4P2/c1-13(9)11-7-3-5-8(6-4-7)12-14(2)10/h3-6H,1-2H3/q+2. The number of hydrogen-bond donors (Lipinski definition) is 0. The Morgan fingerprint density at radius 1 is 0.857 bits per heavy atom. The molecule has 0 aliphatic carbocycles. The Kier molecular flexibility index (Phi) is 3.99. The molecule has 0 aromatic heterocycles. The van der Waals surface area contributed by atoms with Gasteiger partial charge in [-0.2, -0.15) is 0 Å². The monoisotopic (exact) mass is 232 g/mol. The third-order valence-corrected chi connectivity index (χ3v) is 2.23. The van der Waals surface area contributed by atoms with Gasteiger partial charge >= 0.3 is 16.1 Å². The van der Waals surface area contributed by atoms with Crippen LogP contribution < -0.4 is 9.05 Å². The molecule has 74 valence electrons. The first-order chi connectivity index (χ1) is 6.58. The van der Waals surface area contributed by atoms with Crippen molar-refractivity contribution in [3.63, 3.8) is 0 Å². The first kappa shape index (κ1) is 11.1. The molecule has 6 heteroatoms. The van der Waals surface area contributed by atoms with Gasteiger partial charge in [0.25, 0.3) is 0 Å². The summed E-state index contributed by atoms with van der Waals surface area (Å²) in [5.74, 6) is 1.01. The van der Waals surface area contributed by atoms with Crippen molar-refractivity contribution in [1.29, 1.82) is 0 Å². The van der Waals surface area contributed by atoms with E-state index >= 15 is 0 Å². The molecule has 14 heavy (non-hydrogen) atoms. The zero-order valence-electron chi connectivity index (χ0n) is 7.84. The normalized spacial score (nSPS) is 11.9. The third kappa shape index (κ3) is 3.82. The van der Waals surface area contributed by atoms with Crippen molar-refractivity contribution in [2.75, 3.05) is 13.3 Å². The molecule has 0 bridgehead atoms. The summed E-state index contributed by atoms with van der Waals surface area (Å²) in [7, 11) is -3.30. The van der Waals surface area contributed by atoms with Crippen LogP contribution in [0.25, 0.3) is 0 Å². The van der Waals surface area contributed by atoms with E-state index in [-0.39, 0.29) is 0 Å². The Morgan fingerprint density at radius 2 is 1.14 bits per heavy atom. The van der Waals surface area contributed by atoms with E-state index in [1.54, 1.807) is 24.3 Å². The predicted octanol–water partition coefficient (Wildman–Crippen LogP) is 3.19. The van der Waals surface area contributed by atoms with Gasteiger partial charge in [0.2, 0.25) is 0 Å². The number of rotatable bonds is 4. The molecule has 0 spiro atoms. The topological polar surface area (TPSA) is 52.6 Å². The van der Waals surface area contributed by atoms with Crippen LogP contribution in [0.15, 0.2) is 24.3 Å². The van der Waals surface area contributed by atoms with Gasteiger partial charge in [-0.25, -0.2) is 0 Å². The van der Waals surface area contributed by atoms with Gasteiger partial charge in [-0.3, -0.25) is 9.05 Å². The second-order valence-electron chi connectivity index (χ2n) is 2.53. The van der Waals surface area contributed by atoms with Crippen molar-refractivity contribution in [1.82, 2.24) is 0 Å². The molecule has 2 atom stereocenters. The molecule has 0 heterocycles.